The highest BCUT2D eigenvalue weighted by molar-refractivity contribution is 7.10. The topological polar surface area (TPSA) is 98.7 Å². The number of amides is 1. The van der Waals surface area contributed by atoms with Gasteiger partial charge in [0.25, 0.3) is 5.91 Å². The van der Waals surface area contributed by atoms with Gasteiger partial charge in [0.15, 0.2) is 16.6 Å². The van der Waals surface area contributed by atoms with Crippen LogP contribution in [0.25, 0.3) is 11.2 Å². The average Bonchev–Trinajstić information content (AvgIpc) is 3.02. The minimum absolute atomic E-state index is 0.216. The number of anilines is 2. The monoisotopic (exact) mass is 364 g/mol. The molecule has 0 aliphatic rings. The molecule has 3 aromatic heterocycles. The first-order valence-electron chi connectivity index (χ1n) is 7.26. The Balaban J connectivity index is 2.18. The SMILES string of the molecule is Cc1cc(Nc2nc3c(C(N)=O)cn(C(C)(C)C)c3nc2Cl)sn1. The predicted octanol–water partition coefficient (Wildman–Crippen LogP) is 3.45. The molecule has 3 heterocycles. The third-order valence-corrected chi connectivity index (χ3v) is 4.49. The maximum atomic E-state index is 11.8. The van der Waals surface area contributed by atoms with E-state index in [1.807, 2.05) is 38.3 Å². The Morgan fingerprint density at radius 1 is 1.38 bits per heavy atom. The van der Waals surface area contributed by atoms with E-state index in [9.17, 15) is 4.79 Å². The summed E-state index contributed by atoms with van der Waals surface area (Å²) in [5.41, 5.74) is 7.35. The quantitative estimate of drug-likeness (QED) is 0.741. The van der Waals surface area contributed by atoms with Crippen molar-refractivity contribution in [2.45, 2.75) is 33.2 Å². The van der Waals surface area contributed by atoms with Crippen LogP contribution in [-0.2, 0) is 5.54 Å². The van der Waals surface area contributed by atoms with Gasteiger partial charge < -0.3 is 15.6 Å². The third kappa shape index (κ3) is 2.94. The van der Waals surface area contributed by atoms with E-state index in [4.69, 9.17) is 17.3 Å². The molecule has 9 heteroatoms. The summed E-state index contributed by atoms with van der Waals surface area (Å²) in [5, 5.41) is 4.09. The van der Waals surface area contributed by atoms with Gasteiger partial charge in [0.2, 0.25) is 0 Å². The fourth-order valence-corrected chi connectivity index (χ4v) is 3.15. The van der Waals surface area contributed by atoms with E-state index in [0.717, 1.165) is 10.7 Å². The molecule has 0 saturated heterocycles. The number of halogens is 1. The van der Waals surface area contributed by atoms with E-state index in [2.05, 4.69) is 19.7 Å². The molecular weight excluding hydrogens is 348 g/mol. The van der Waals surface area contributed by atoms with E-state index in [1.165, 1.54) is 11.5 Å². The molecular formula is C15H17ClN6OS. The molecule has 1 amide bonds. The van der Waals surface area contributed by atoms with Gasteiger partial charge in [-0.05, 0) is 45.3 Å². The maximum Gasteiger partial charge on any atom is 0.252 e. The van der Waals surface area contributed by atoms with Gasteiger partial charge in [0.1, 0.15) is 10.5 Å². The van der Waals surface area contributed by atoms with Crippen LogP contribution in [0, 0.1) is 6.92 Å². The average molecular weight is 365 g/mol. The molecule has 3 N–H and O–H groups in total. The molecule has 0 aliphatic heterocycles. The second-order valence-electron chi connectivity index (χ2n) is 6.44. The highest BCUT2D eigenvalue weighted by atomic mass is 35.5. The van der Waals surface area contributed by atoms with Crippen LogP contribution in [0.1, 0.15) is 36.8 Å². The fraction of sp³-hybridized carbons (Fsp3) is 0.333. The maximum absolute atomic E-state index is 11.8. The molecule has 0 unspecified atom stereocenters. The number of rotatable bonds is 3. The summed E-state index contributed by atoms with van der Waals surface area (Å²) in [6, 6.07) is 1.88. The minimum Gasteiger partial charge on any atom is -0.365 e. The van der Waals surface area contributed by atoms with Crippen LogP contribution < -0.4 is 11.1 Å². The van der Waals surface area contributed by atoms with E-state index in [0.29, 0.717) is 22.5 Å². The van der Waals surface area contributed by atoms with Crippen molar-refractivity contribution in [3.8, 4) is 0 Å². The number of nitrogens with two attached hydrogens (primary N) is 1. The first-order valence-corrected chi connectivity index (χ1v) is 8.41. The largest absolute Gasteiger partial charge is 0.365 e. The van der Waals surface area contributed by atoms with E-state index >= 15 is 0 Å². The lowest BCUT2D eigenvalue weighted by molar-refractivity contribution is 0.100. The third-order valence-electron chi connectivity index (χ3n) is 3.43. The summed E-state index contributed by atoms with van der Waals surface area (Å²) >= 11 is 7.58. The van der Waals surface area contributed by atoms with Gasteiger partial charge in [-0.2, -0.15) is 4.37 Å². The summed E-state index contributed by atoms with van der Waals surface area (Å²) in [5.74, 6) is -0.193. The van der Waals surface area contributed by atoms with Crippen LogP contribution in [0.5, 0.6) is 0 Å². The number of aryl methyl sites for hydroxylation is 1. The van der Waals surface area contributed by atoms with E-state index < -0.39 is 5.91 Å². The summed E-state index contributed by atoms with van der Waals surface area (Å²) < 4.78 is 6.05. The number of nitrogens with zero attached hydrogens (tertiary/aromatic N) is 4. The van der Waals surface area contributed by atoms with Gasteiger partial charge >= 0.3 is 0 Å². The smallest absolute Gasteiger partial charge is 0.252 e. The Hall–Kier alpha value is -2.19. The van der Waals surface area contributed by atoms with Crippen molar-refractivity contribution >= 4 is 51.0 Å². The highest BCUT2D eigenvalue weighted by Crippen LogP contribution is 2.31. The number of carbonyl (C=O) groups is 1. The summed E-state index contributed by atoms with van der Waals surface area (Å²) in [4.78, 5) is 20.7. The Labute approximate surface area is 148 Å². The molecule has 0 aliphatic carbocycles. The molecule has 3 rings (SSSR count). The predicted molar refractivity (Wildman–Crippen MR) is 96.2 cm³/mol. The molecule has 0 radical (unpaired) electrons. The molecule has 7 nitrogen and oxygen atoms in total. The molecule has 126 valence electrons. The van der Waals surface area contributed by atoms with Crippen molar-refractivity contribution < 1.29 is 4.79 Å². The number of aromatic nitrogens is 4. The van der Waals surface area contributed by atoms with E-state index in [1.54, 1.807) is 6.20 Å². The van der Waals surface area contributed by atoms with Crippen molar-refractivity contribution in [1.29, 1.82) is 0 Å². The zero-order valence-electron chi connectivity index (χ0n) is 13.7. The van der Waals surface area contributed by atoms with Crippen LogP contribution in [0.4, 0.5) is 10.8 Å². The van der Waals surface area contributed by atoms with Crippen molar-refractivity contribution in [2.75, 3.05) is 5.32 Å². The van der Waals surface area contributed by atoms with E-state index in [-0.39, 0.29) is 10.7 Å². The van der Waals surface area contributed by atoms with Crippen molar-refractivity contribution in [2.24, 2.45) is 5.73 Å². The highest BCUT2D eigenvalue weighted by Gasteiger charge is 2.24. The number of hydrogen-bond donors (Lipinski definition) is 2. The standard InChI is InChI=1S/C15H17ClN6OS/c1-7-5-9(24-21-7)18-13-11(16)20-14-10(19-13)8(12(17)23)6-22(14)15(2,3)4/h5-6H,1-4H3,(H2,17,23)(H,18,19). The Morgan fingerprint density at radius 3 is 2.62 bits per heavy atom. The Morgan fingerprint density at radius 2 is 2.08 bits per heavy atom. The molecule has 0 fully saturated rings. The minimum atomic E-state index is -0.556. The number of fused-ring (bicyclic) bond motifs is 1. The Bertz CT molecular complexity index is 939. The van der Waals surface area contributed by atoms with Gasteiger partial charge in [-0.25, -0.2) is 9.97 Å². The normalized spacial score (nSPS) is 11.9. The molecule has 3 aromatic rings. The van der Waals surface area contributed by atoms with Gasteiger partial charge in [0, 0.05) is 11.7 Å². The Kier molecular flexibility index (Phi) is 3.97. The van der Waals surface area contributed by atoms with Gasteiger partial charge in [-0.15, -0.1) is 0 Å². The first-order chi connectivity index (χ1) is 11.2. The van der Waals surface area contributed by atoms with Crippen molar-refractivity contribution in [3.05, 3.63) is 28.7 Å². The second kappa shape index (κ2) is 5.71. The number of hydrogen-bond acceptors (Lipinski definition) is 6. The fourth-order valence-electron chi connectivity index (χ4n) is 2.32. The lowest BCUT2D eigenvalue weighted by Gasteiger charge is -2.21. The van der Waals surface area contributed by atoms with Crippen LogP contribution >= 0.6 is 23.1 Å². The van der Waals surface area contributed by atoms with Gasteiger partial charge in [-0.3, -0.25) is 4.79 Å². The molecule has 0 spiro atoms. The number of carbonyl (C=O) groups excluding carboxylic acids is 1. The van der Waals surface area contributed by atoms with Crippen LogP contribution in [-0.4, -0.2) is 24.8 Å². The summed E-state index contributed by atoms with van der Waals surface area (Å²) in [6.07, 6.45) is 1.67. The lowest BCUT2D eigenvalue weighted by Crippen LogP contribution is -2.21. The molecule has 0 atom stereocenters. The summed E-state index contributed by atoms with van der Waals surface area (Å²) in [7, 11) is 0. The zero-order chi connectivity index (χ0) is 17.6. The summed E-state index contributed by atoms with van der Waals surface area (Å²) in [6.45, 7) is 7.89. The zero-order valence-corrected chi connectivity index (χ0v) is 15.3. The molecule has 0 aromatic carbocycles. The number of primary amides is 1. The molecule has 24 heavy (non-hydrogen) atoms. The van der Waals surface area contributed by atoms with Crippen LogP contribution in [0.3, 0.4) is 0 Å². The van der Waals surface area contributed by atoms with Crippen LogP contribution in [0.2, 0.25) is 5.15 Å². The van der Waals surface area contributed by atoms with Crippen LogP contribution in [0.15, 0.2) is 12.3 Å². The molecule has 0 bridgehead atoms. The van der Waals surface area contributed by atoms with Crippen molar-refractivity contribution in [1.82, 2.24) is 18.9 Å². The first kappa shape index (κ1) is 16.7. The van der Waals surface area contributed by atoms with Gasteiger partial charge in [-0.1, -0.05) is 11.6 Å². The second-order valence-corrected chi connectivity index (χ2v) is 7.60. The molecule has 0 saturated carbocycles. The lowest BCUT2D eigenvalue weighted by atomic mass is 10.1. The van der Waals surface area contributed by atoms with Crippen molar-refractivity contribution in [3.63, 3.8) is 0 Å². The van der Waals surface area contributed by atoms with Gasteiger partial charge in [0.05, 0.1) is 11.3 Å². The number of nitrogens with one attached hydrogen (secondary N) is 1.